The van der Waals surface area contributed by atoms with Crippen molar-refractivity contribution >= 4 is 29.0 Å². The Hall–Kier alpha value is -3.20. The summed E-state index contributed by atoms with van der Waals surface area (Å²) in [6, 6.07) is 7.68. The van der Waals surface area contributed by atoms with E-state index in [2.05, 4.69) is 30.8 Å². The minimum atomic E-state index is -0.432. The molecular weight excluding hydrogens is 356 g/mol. The number of carbonyl (C=O) groups excluding carboxylic acids is 1. The molecule has 132 valence electrons. The van der Waals surface area contributed by atoms with Gasteiger partial charge in [0, 0.05) is 12.2 Å². The molecule has 0 radical (unpaired) electrons. The van der Waals surface area contributed by atoms with Gasteiger partial charge in [0.15, 0.2) is 16.7 Å². The highest BCUT2D eigenvalue weighted by molar-refractivity contribution is 6.31. The molecule has 4 N–H and O–H groups in total. The Morgan fingerprint density at radius 1 is 1.27 bits per heavy atom. The molecule has 1 unspecified atom stereocenters. The van der Waals surface area contributed by atoms with Gasteiger partial charge in [-0.3, -0.25) is 4.79 Å². The number of aromatic nitrogens is 5. The average molecular weight is 371 g/mol. The third-order valence-corrected chi connectivity index (χ3v) is 4.33. The first-order chi connectivity index (χ1) is 12.6. The molecule has 0 saturated heterocycles. The second-order valence-corrected chi connectivity index (χ2v) is 6.08. The first-order valence-corrected chi connectivity index (χ1v) is 8.34. The third-order valence-electron chi connectivity index (χ3n) is 4.08. The van der Waals surface area contributed by atoms with Crippen LogP contribution in [0.15, 0.2) is 36.7 Å². The lowest BCUT2D eigenvalue weighted by Gasteiger charge is -2.27. The maximum atomic E-state index is 12.7. The van der Waals surface area contributed by atoms with Crippen LogP contribution in [0.4, 0.5) is 11.5 Å². The van der Waals surface area contributed by atoms with Crippen molar-refractivity contribution in [2.24, 2.45) is 0 Å². The number of amides is 1. The molecule has 2 aromatic heterocycles. The number of hydrogen-bond acceptors (Lipinski definition) is 7. The summed E-state index contributed by atoms with van der Waals surface area (Å²) in [5.74, 6) is -0.307. The highest BCUT2D eigenvalue weighted by atomic mass is 35.5. The number of rotatable bonds is 3. The largest absolute Gasteiger partial charge is 0.385 e. The van der Waals surface area contributed by atoms with Crippen LogP contribution in [0.25, 0.3) is 5.82 Å². The van der Waals surface area contributed by atoms with E-state index in [0.717, 1.165) is 24.2 Å². The number of para-hydroxylation sites is 1. The molecule has 1 aliphatic heterocycles. The van der Waals surface area contributed by atoms with Crippen LogP contribution in [-0.2, 0) is 0 Å². The number of carbonyl (C=O) groups is 1. The number of nitrogen functional groups attached to an aromatic ring is 1. The molecule has 10 heteroatoms. The highest BCUT2D eigenvalue weighted by Gasteiger charge is 2.25. The van der Waals surface area contributed by atoms with Gasteiger partial charge in [-0.25, -0.2) is 9.97 Å². The molecule has 0 spiro atoms. The van der Waals surface area contributed by atoms with Crippen LogP contribution in [0.3, 0.4) is 0 Å². The zero-order chi connectivity index (χ0) is 18.1. The predicted octanol–water partition coefficient (Wildman–Crippen LogP) is 1.58. The lowest BCUT2D eigenvalue weighted by molar-refractivity contribution is 0.0930. The van der Waals surface area contributed by atoms with Crippen LogP contribution in [0.1, 0.15) is 28.5 Å². The van der Waals surface area contributed by atoms with E-state index >= 15 is 0 Å². The van der Waals surface area contributed by atoms with Crippen LogP contribution in [-0.4, -0.2) is 37.4 Å². The molecule has 0 saturated carbocycles. The maximum absolute atomic E-state index is 12.7. The average Bonchev–Trinajstić information content (AvgIpc) is 3.18. The number of nitrogens with one attached hydrogen (secondary N) is 2. The summed E-state index contributed by atoms with van der Waals surface area (Å²) in [5, 5.41) is 14.1. The van der Waals surface area contributed by atoms with Crippen molar-refractivity contribution in [3.8, 4) is 5.82 Å². The fraction of sp³-hybridized carbons (Fsp3) is 0.188. The van der Waals surface area contributed by atoms with E-state index < -0.39 is 5.91 Å². The molecule has 3 aromatic rings. The van der Waals surface area contributed by atoms with Crippen molar-refractivity contribution in [3.63, 3.8) is 0 Å². The Balaban J connectivity index is 1.61. The van der Waals surface area contributed by atoms with Gasteiger partial charge in [0.25, 0.3) is 5.91 Å². The summed E-state index contributed by atoms with van der Waals surface area (Å²) in [6.07, 6.45) is 3.70. The Morgan fingerprint density at radius 3 is 2.85 bits per heavy atom. The molecule has 26 heavy (non-hydrogen) atoms. The van der Waals surface area contributed by atoms with Gasteiger partial charge in [-0.1, -0.05) is 29.8 Å². The molecule has 0 aliphatic carbocycles. The third kappa shape index (κ3) is 2.93. The summed E-state index contributed by atoms with van der Waals surface area (Å²) in [5.41, 5.74) is 7.91. The number of anilines is 2. The fourth-order valence-electron chi connectivity index (χ4n) is 2.88. The lowest BCUT2D eigenvalue weighted by atomic mass is 9.98. The molecule has 1 atom stereocenters. The molecule has 1 aromatic carbocycles. The molecule has 1 aliphatic rings. The van der Waals surface area contributed by atoms with Crippen LogP contribution < -0.4 is 16.4 Å². The number of nitrogens with two attached hydrogens (primary N) is 1. The number of fused-ring (bicyclic) bond motifs is 1. The standard InChI is InChI=1S/C16H15ClN8O/c17-13-15(25-20-7-8-21-25)24-14(18)12(23-13)16(26)22-11-5-6-19-10-4-2-1-3-9(10)11/h1-4,7-8,11,19H,5-6H2,(H2,18,24)(H,22,26). The zero-order valence-corrected chi connectivity index (χ0v) is 14.3. The van der Waals surface area contributed by atoms with Crippen LogP contribution in [0.5, 0.6) is 0 Å². The second-order valence-electron chi connectivity index (χ2n) is 5.72. The smallest absolute Gasteiger partial charge is 0.274 e. The molecule has 9 nitrogen and oxygen atoms in total. The SMILES string of the molecule is Nc1nc(-n2nccn2)c(Cl)nc1C(=O)NC1CCNc2ccccc21. The maximum Gasteiger partial charge on any atom is 0.274 e. The molecule has 0 fully saturated rings. The quantitative estimate of drug-likeness (QED) is 0.639. The van der Waals surface area contributed by atoms with Gasteiger partial charge < -0.3 is 16.4 Å². The van der Waals surface area contributed by atoms with Gasteiger partial charge in [-0.05, 0) is 18.1 Å². The summed E-state index contributed by atoms with van der Waals surface area (Å²) in [4.78, 5) is 22.1. The highest BCUT2D eigenvalue weighted by Crippen LogP contribution is 2.29. The lowest BCUT2D eigenvalue weighted by Crippen LogP contribution is -2.34. The molecule has 4 rings (SSSR count). The second kappa shape index (κ2) is 6.60. The Bertz CT molecular complexity index is 959. The summed E-state index contributed by atoms with van der Waals surface area (Å²) < 4.78 is 0. The van der Waals surface area contributed by atoms with Crippen molar-refractivity contribution < 1.29 is 4.79 Å². The van der Waals surface area contributed by atoms with E-state index in [1.54, 1.807) is 0 Å². The van der Waals surface area contributed by atoms with E-state index in [1.807, 2.05) is 24.3 Å². The van der Waals surface area contributed by atoms with E-state index in [4.69, 9.17) is 17.3 Å². The van der Waals surface area contributed by atoms with E-state index in [1.165, 1.54) is 17.2 Å². The Labute approximate surface area is 153 Å². The monoisotopic (exact) mass is 370 g/mol. The topological polar surface area (TPSA) is 124 Å². The van der Waals surface area contributed by atoms with Crippen molar-refractivity contribution in [1.82, 2.24) is 30.3 Å². The minimum Gasteiger partial charge on any atom is -0.385 e. The van der Waals surface area contributed by atoms with E-state index in [0.29, 0.717) is 0 Å². The number of halogens is 1. The predicted molar refractivity (Wildman–Crippen MR) is 96.1 cm³/mol. The van der Waals surface area contributed by atoms with Crippen LogP contribution >= 0.6 is 11.6 Å². The van der Waals surface area contributed by atoms with Gasteiger partial charge in [0.05, 0.1) is 18.4 Å². The Morgan fingerprint density at radius 2 is 2.04 bits per heavy atom. The number of hydrogen-bond donors (Lipinski definition) is 3. The fourth-order valence-corrected chi connectivity index (χ4v) is 3.09. The van der Waals surface area contributed by atoms with Crippen LogP contribution in [0.2, 0.25) is 5.15 Å². The van der Waals surface area contributed by atoms with Gasteiger partial charge in [0.1, 0.15) is 0 Å². The molecular formula is C16H15ClN8O. The normalized spacial score (nSPS) is 15.8. The zero-order valence-electron chi connectivity index (χ0n) is 13.6. The van der Waals surface area contributed by atoms with Gasteiger partial charge in [-0.15, -0.1) is 4.80 Å². The Kier molecular flexibility index (Phi) is 4.13. The van der Waals surface area contributed by atoms with Crippen molar-refractivity contribution in [3.05, 3.63) is 53.1 Å². The van der Waals surface area contributed by atoms with Crippen molar-refractivity contribution in [2.75, 3.05) is 17.6 Å². The molecule has 1 amide bonds. The summed E-state index contributed by atoms with van der Waals surface area (Å²) in [7, 11) is 0. The summed E-state index contributed by atoms with van der Waals surface area (Å²) in [6.45, 7) is 0.758. The minimum absolute atomic E-state index is 0.00809. The van der Waals surface area contributed by atoms with Crippen LogP contribution in [0, 0.1) is 0 Å². The molecule has 0 bridgehead atoms. The van der Waals surface area contributed by atoms with Gasteiger partial charge >= 0.3 is 0 Å². The first-order valence-electron chi connectivity index (χ1n) is 7.97. The van der Waals surface area contributed by atoms with Crippen molar-refractivity contribution in [1.29, 1.82) is 0 Å². The number of nitrogens with zero attached hydrogens (tertiary/aromatic N) is 5. The van der Waals surface area contributed by atoms with E-state index in [9.17, 15) is 4.79 Å². The number of benzene rings is 1. The van der Waals surface area contributed by atoms with Gasteiger partial charge in [0.2, 0.25) is 5.82 Å². The van der Waals surface area contributed by atoms with Gasteiger partial charge in [-0.2, -0.15) is 10.2 Å². The van der Waals surface area contributed by atoms with E-state index in [-0.39, 0.29) is 28.5 Å². The molecule has 3 heterocycles. The first kappa shape index (κ1) is 16.3. The van der Waals surface area contributed by atoms with Crippen molar-refractivity contribution in [2.45, 2.75) is 12.5 Å². The summed E-state index contributed by atoms with van der Waals surface area (Å²) >= 11 is 6.14.